The van der Waals surface area contributed by atoms with Gasteiger partial charge in [0.25, 0.3) is 21.8 Å². The lowest BCUT2D eigenvalue weighted by Crippen LogP contribution is -2.20. The van der Waals surface area contributed by atoms with Crippen LogP contribution in [-0.4, -0.2) is 36.2 Å². The molecule has 0 aliphatic heterocycles. The van der Waals surface area contributed by atoms with Crippen LogP contribution < -0.4 is 10.0 Å². The third kappa shape index (κ3) is 5.30. The number of aromatic hydroxyl groups is 1. The zero-order valence-corrected chi connectivity index (χ0v) is 22.3. The van der Waals surface area contributed by atoms with E-state index < -0.39 is 21.7 Å². The molecule has 36 heavy (non-hydrogen) atoms. The van der Waals surface area contributed by atoms with E-state index >= 15 is 0 Å². The normalized spacial score (nSPS) is 11.4. The number of thiophene rings is 1. The number of phenolic OH excluding ortho intramolecular Hbond substituents is 1. The highest BCUT2D eigenvalue weighted by Crippen LogP contribution is 2.37. The van der Waals surface area contributed by atoms with Crippen molar-refractivity contribution in [2.75, 3.05) is 10.0 Å². The minimum atomic E-state index is -4.30. The van der Waals surface area contributed by atoms with Gasteiger partial charge in [-0.2, -0.15) is 0 Å². The summed E-state index contributed by atoms with van der Waals surface area (Å²) < 4.78 is 33.1. The Bertz CT molecular complexity index is 1460. The van der Waals surface area contributed by atoms with Gasteiger partial charge in [-0.3, -0.25) is 14.4 Å². The van der Waals surface area contributed by atoms with Gasteiger partial charge in [-0.25, -0.2) is 13.1 Å². The number of amides is 1. The van der Waals surface area contributed by atoms with Crippen molar-refractivity contribution in [1.29, 1.82) is 0 Å². The molecule has 3 aromatic rings. The zero-order chi connectivity index (χ0) is 26.8. The van der Waals surface area contributed by atoms with Crippen LogP contribution in [0.5, 0.6) is 5.75 Å². The number of ketones is 2. The summed E-state index contributed by atoms with van der Waals surface area (Å²) in [6.07, 6.45) is 0.908. The van der Waals surface area contributed by atoms with Crippen LogP contribution in [0, 0.1) is 6.92 Å². The van der Waals surface area contributed by atoms with E-state index in [2.05, 4.69) is 15.2 Å². The van der Waals surface area contributed by atoms with Gasteiger partial charge in [0.15, 0.2) is 11.6 Å². The van der Waals surface area contributed by atoms with E-state index in [9.17, 15) is 27.9 Å². The van der Waals surface area contributed by atoms with Crippen molar-refractivity contribution in [3.63, 3.8) is 0 Å². The highest BCUT2D eigenvalue weighted by Gasteiger charge is 2.29. The van der Waals surface area contributed by atoms with Gasteiger partial charge in [-0.1, -0.05) is 37.0 Å². The Balaban J connectivity index is 2.06. The molecule has 3 N–H and O–H groups in total. The summed E-state index contributed by atoms with van der Waals surface area (Å²) in [4.78, 5) is 37.6. The maximum absolute atomic E-state index is 13.3. The molecule has 1 aromatic carbocycles. The largest absolute Gasteiger partial charge is 0.507 e. The fourth-order valence-corrected chi connectivity index (χ4v) is 5.98. The van der Waals surface area contributed by atoms with E-state index in [1.165, 1.54) is 31.4 Å². The molecule has 0 saturated heterocycles. The summed E-state index contributed by atoms with van der Waals surface area (Å²) in [5, 5.41) is 18.4. The Morgan fingerprint density at radius 1 is 1.22 bits per heavy atom. The molecule has 2 aromatic heterocycles. The Labute approximate surface area is 216 Å². The molecule has 0 saturated carbocycles. The highest BCUT2D eigenvalue weighted by atomic mass is 35.5. The van der Waals surface area contributed by atoms with Gasteiger partial charge in [0.1, 0.15) is 26.2 Å². The van der Waals surface area contributed by atoms with Crippen LogP contribution in [0.4, 0.5) is 11.6 Å². The first-order chi connectivity index (χ1) is 16.9. The number of rotatable bonds is 10. The molecule has 13 heteroatoms. The van der Waals surface area contributed by atoms with E-state index in [1.54, 1.807) is 6.92 Å². The van der Waals surface area contributed by atoms with Crippen LogP contribution >= 0.6 is 22.9 Å². The number of halogens is 1. The fraction of sp³-hybridized carbons (Fsp3) is 0.304. The average molecular weight is 554 g/mol. The second-order valence-electron chi connectivity index (χ2n) is 7.84. The zero-order valence-electron chi connectivity index (χ0n) is 19.9. The van der Waals surface area contributed by atoms with Crippen LogP contribution in [0.15, 0.2) is 26.9 Å². The minimum absolute atomic E-state index is 0.00744. The minimum Gasteiger partial charge on any atom is -0.507 e. The van der Waals surface area contributed by atoms with E-state index in [1.807, 2.05) is 6.92 Å². The van der Waals surface area contributed by atoms with Crippen molar-refractivity contribution in [2.45, 2.75) is 51.9 Å². The number of benzene rings is 1. The molecule has 0 atom stereocenters. The standard InChI is InChI=1S/C23H24ClN3O7S2/c1-5-7-13-19(14(12(4)28)10-15(20(13)30)16(29)6-2)25-22(31)21-17(8-9-35-21)36(32,33)27-23-18(24)11(3)26-34-23/h8-10,27,30H,5-7H2,1-4H3,(H,25,31). The number of phenols is 1. The molecule has 0 unspecified atom stereocenters. The van der Waals surface area contributed by atoms with Crippen LogP contribution in [0.1, 0.15) is 75.3 Å². The summed E-state index contributed by atoms with van der Waals surface area (Å²) in [5.41, 5.74) is 0.551. The second-order valence-corrected chi connectivity index (χ2v) is 10.8. The second kappa shape index (κ2) is 10.8. The number of aromatic nitrogens is 1. The molecule has 0 spiro atoms. The smallest absolute Gasteiger partial charge is 0.267 e. The third-order valence-electron chi connectivity index (χ3n) is 5.28. The third-order valence-corrected chi connectivity index (χ3v) is 8.14. The first-order valence-corrected chi connectivity index (χ1v) is 13.6. The topological polar surface area (TPSA) is 156 Å². The van der Waals surface area contributed by atoms with Gasteiger partial charge in [0.2, 0.25) is 0 Å². The summed E-state index contributed by atoms with van der Waals surface area (Å²) >= 11 is 6.86. The molecular formula is C23H24ClN3O7S2. The number of hydrogen-bond acceptors (Lipinski definition) is 9. The van der Waals surface area contributed by atoms with Crippen molar-refractivity contribution in [1.82, 2.24) is 5.16 Å². The van der Waals surface area contributed by atoms with Crippen molar-refractivity contribution in [3.05, 3.63) is 49.8 Å². The summed E-state index contributed by atoms with van der Waals surface area (Å²) in [6.45, 7) is 6.26. The SMILES string of the molecule is CCCc1c(O)c(C(=O)CC)cc(C(C)=O)c1NC(=O)c1sccc1S(=O)(=O)Nc1onc(C)c1Cl. The molecule has 0 fully saturated rings. The highest BCUT2D eigenvalue weighted by molar-refractivity contribution is 7.93. The van der Waals surface area contributed by atoms with Crippen LogP contribution in [0.3, 0.4) is 0 Å². The first kappa shape index (κ1) is 27.4. The maximum atomic E-state index is 13.3. The van der Waals surface area contributed by atoms with E-state index in [0.29, 0.717) is 6.42 Å². The number of anilines is 2. The Morgan fingerprint density at radius 3 is 2.47 bits per heavy atom. The van der Waals surface area contributed by atoms with Gasteiger partial charge < -0.3 is 14.9 Å². The Hall–Kier alpha value is -3.22. The lowest BCUT2D eigenvalue weighted by atomic mass is 9.93. The molecule has 192 valence electrons. The van der Waals surface area contributed by atoms with Gasteiger partial charge in [-0.05, 0) is 37.8 Å². The molecule has 0 radical (unpaired) electrons. The number of nitrogens with one attached hydrogen (secondary N) is 2. The van der Waals surface area contributed by atoms with Gasteiger partial charge in [0, 0.05) is 17.5 Å². The monoisotopic (exact) mass is 553 g/mol. The van der Waals surface area contributed by atoms with E-state index in [-0.39, 0.29) is 73.1 Å². The van der Waals surface area contributed by atoms with Crippen LogP contribution in [0.25, 0.3) is 0 Å². The number of carbonyl (C=O) groups excluding carboxylic acids is 3. The Morgan fingerprint density at radius 2 is 1.92 bits per heavy atom. The van der Waals surface area contributed by atoms with E-state index in [0.717, 1.165) is 11.3 Å². The predicted octanol–water partition coefficient (Wildman–Crippen LogP) is 5.20. The fourth-order valence-electron chi connectivity index (χ4n) is 3.49. The molecule has 10 nitrogen and oxygen atoms in total. The number of aryl methyl sites for hydroxylation is 1. The lowest BCUT2D eigenvalue weighted by Gasteiger charge is -2.18. The predicted molar refractivity (Wildman–Crippen MR) is 136 cm³/mol. The average Bonchev–Trinajstić information content (AvgIpc) is 3.44. The maximum Gasteiger partial charge on any atom is 0.267 e. The number of carbonyl (C=O) groups is 3. The number of sulfonamides is 1. The molecule has 3 rings (SSSR count). The molecule has 0 aliphatic carbocycles. The number of Topliss-reactive ketones (excluding diaryl/α,β-unsaturated/α-hetero) is 2. The van der Waals surface area contributed by atoms with Crippen molar-refractivity contribution in [3.8, 4) is 5.75 Å². The number of hydrogen-bond donors (Lipinski definition) is 3. The molecule has 0 bridgehead atoms. The Kier molecular flexibility index (Phi) is 8.22. The number of nitrogens with zero attached hydrogens (tertiary/aromatic N) is 1. The summed E-state index contributed by atoms with van der Waals surface area (Å²) in [5.74, 6) is -2.23. The quantitative estimate of drug-likeness (QED) is 0.289. The summed E-state index contributed by atoms with van der Waals surface area (Å²) in [6, 6.07) is 2.48. The molecule has 0 aliphatic rings. The van der Waals surface area contributed by atoms with Crippen LogP contribution in [-0.2, 0) is 16.4 Å². The first-order valence-electron chi connectivity index (χ1n) is 10.9. The van der Waals surface area contributed by atoms with Crippen molar-refractivity contribution < 1.29 is 32.4 Å². The van der Waals surface area contributed by atoms with Gasteiger partial charge in [0.05, 0.1) is 11.3 Å². The van der Waals surface area contributed by atoms with Crippen molar-refractivity contribution >= 4 is 62.0 Å². The lowest BCUT2D eigenvalue weighted by molar-refractivity contribution is 0.0984. The van der Waals surface area contributed by atoms with E-state index in [4.69, 9.17) is 16.1 Å². The molecule has 2 heterocycles. The summed E-state index contributed by atoms with van der Waals surface area (Å²) in [7, 11) is -4.30. The van der Waals surface area contributed by atoms with Gasteiger partial charge in [-0.15, -0.1) is 11.3 Å². The van der Waals surface area contributed by atoms with Crippen LogP contribution in [0.2, 0.25) is 5.02 Å². The van der Waals surface area contributed by atoms with Crippen molar-refractivity contribution in [2.24, 2.45) is 0 Å². The molecule has 1 amide bonds. The molecular weight excluding hydrogens is 530 g/mol. The van der Waals surface area contributed by atoms with Gasteiger partial charge >= 0.3 is 0 Å².